The number of aromatic nitrogens is 2. The van der Waals surface area contributed by atoms with Gasteiger partial charge in [0.2, 0.25) is 0 Å². The molecule has 2 aliphatic rings. The van der Waals surface area contributed by atoms with Gasteiger partial charge in [0.15, 0.2) is 16.4 Å². The van der Waals surface area contributed by atoms with Crippen molar-refractivity contribution in [2.24, 2.45) is 0 Å². The summed E-state index contributed by atoms with van der Waals surface area (Å²) in [7, 11) is -3.10. The van der Waals surface area contributed by atoms with Crippen LogP contribution in [-0.2, 0) is 24.2 Å². The van der Waals surface area contributed by atoms with Gasteiger partial charge < -0.3 is 9.64 Å². The summed E-state index contributed by atoms with van der Waals surface area (Å²) < 4.78 is 29.0. The summed E-state index contributed by atoms with van der Waals surface area (Å²) in [4.78, 5) is 36.0. The third-order valence-corrected chi connectivity index (χ3v) is 9.07. The molecule has 4 rings (SSSR count). The highest BCUT2D eigenvalue weighted by Crippen LogP contribution is 2.30. The van der Waals surface area contributed by atoms with E-state index in [1.54, 1.807) is 4.90 Å². The maximum Gasteiger partial charge on any atom is 0.316 e. The molecule has 0 bridgehead atoms. The van der Waals surface area contributed by atoms with Crippen molar-refractivity contribution in [3.05, 3.63) is 17.8 Å². The summed E-state index contributed by atoms with van der Waals surface area (Å²) in [5, 5.41) is 3.51. The Labute approximate surface area is 183 Å². The van der Waals surface area contributed by atoms with Crippen LogP contribution in [0.1, 0.15) is 32.1 Å². The van der Waals surface area contributed by atoms with Crippen LogP contribution in [0.15, 0.2) is 22.8 Å². The molecule has 0 spiro atoms. The predicted octanol–water partition coefficient (Wildman–Crippen LogP) is 2.28. The van der Waals surface area contributed by atoms with Gasteiger partial charge in [-0.2, -0.15) is 0 Å². The lowest BCUT2D eigenvalue weighted by molar-refractivity contribution is -0.152. The van der Waals surface area contributed by atoms with Crippen LogP contribution in [0.4, 0.5) is 0 Å². The van der Waals surface area contributed by atoms with E-state index in [4.69, 9.17) is 4.74 Å². The molecule has 2 fully saturated rings. The van der Waals surface area contributed by atoms with Crippen molar-refractivity contribution in [2.45, 2.75) is 49.2 Å². The Kier molecular flexibility index (Phi) is 6.59. The minimum Gasteiger partial charge on any atom is -0.455 e. The van der Waals surface area contributed by atoms with Crippen molar-refractivity contribution in [3.8, 4) is 0 Å². The molecule has 2 aromatic rings. The Morgan fingerprint density at radius 3 is 2.73 bits per heavy atom. The van der Waals surface area contributed by atoms with Gasteiger partial charge in [0.05, 0.1) is 17.3 Å². The van der Waals surface area contributed by atoms with Crippen molar-refractivity contribution < 1.29 is 22.7 Å². The first-order valence-corrected chi connectivity index (χ1v) is 13.6. The Morgan fingerprint density at radius 1 is 1.20 bits per heavy atom. The number of sulfone groups is 1. The topological polar surface area (TPSA) is 107 Å². The van der Waals surface area contributed by atoms with Gasteiger partial charge in [-0.15, -0.1) is 11.3 Å². The molecule has 0 N–H and O–H groups in total. The first kappa shape index (κ1) is 21.5. The molecule has 0 aromatic carbocycles. The monoisotopic (exact) mass is 469 g/mol. The number of hydrogen-bond donors (Lipinski definition) is 0. The molecule has 3 heterocycles. The Hall–Kier alpha value is -1.72. The van der Waals surface area contributed by atoms with Crippen LogP contribution in [0, 0.1) is 0 Å². The van der Waals surface area contributed by atoms with Gasteiger partial charge >= 0.3 is 5.97 Å². The number of esters is 1. The van der Waals surface area contributed by atoms with E-state index in [2.05, 4.69) is 9.97 Å². The number of amides is 1. The Morgan fingerprint density at radius 2 is 2.00 bits per heavy atom. The number of nitrogens with zero attached hydrogens (tertiary/aromatic N) is 3. The van der Waals surface area contributed by atoms with Gasteiger partial charge in [-0.3, -0.25) is 9.59 Å². The lowest BCUT2D eigenvalue weighted by atomic mass is 10.1. The Balaban J connectivity index is 1.33. The second kappa shape index (κ2) is 9.19. The van der Waals surface area contributed by atoms with Crippen LogP contribution >= 0.6 is 23.1 Å². The summed E-state index contributed by atoms with van der Waals surface area (Å²) in [5.74, 6) is -0.647. The average Bonchev–Trinajstić information content (AvgIpc) is 3.46. The maximum atomic E-state index is 12.9. The maximum absolute atomic E-state index is 12.9. The summed E-state index contributed by atoms with van der Waals surface area (Å²) in [6.07, 6.45) is 5.72. The van der Waals surface area contributed by atoms with E-state index in [-0.39, 0.29) is 41.9 Å². The van der Waals surface area contributed by atoms with Gasteiger partial charge in [0.1, 0.15) is 16.2 Å². The van der Waals surface area contributed by atoms with Gasteiger partial charge in [-0.25, -0.2) is 18.4 Å². The highest BCUT2D eigenvalue weighted by Gasteiger charge is 2.39. The van der Waals surface area contributed by atoms with E-state index in [9.17, 15) is 18.0 Å². The highest BCUT2D eigenvalue weighted by molar-refractivity contribution is 8.00. The van der Waals surface area contributed by atoms with E-state index in [0.717, 1.165) is 35.9 Å². The molecule has 1 saturated heterocycles. The van der Waals surface area contributed by atoms with Crippen molar-refractivity contribution in [3.63, 3.8) is 0 Å². The molecule has 162 valence electrons. The summed E-state index contributed by atoms with van der Waals surface area (Å²) in [6, 6.07) is 1.63. The molecule has 1 amide bonds. The number of thioether (sulfide) groups is 1. The van der Waals surface area contributed by atoms with Gasteiger partial charge in [-0.05, 0) is 30.7 Å². The van der Waals surface area contributed by atoms with E-state index in [0.29, 0.717) is 11.4 Å². The lowest BCUT2D eigenvalue weighted by Gasteiger charge is -2.33. The summed E-state index contributed by atoms with van der Waals surface area (Å²) in [6.45, 7) is -0.357. The number of carbonyl (C=O) groups excluding carboxylic acids is 2. The number of hydrogen-bond acceptors (Lipinski definition) is 9. The van der Waals surface area contributed by atoms with Gasteiger partial charge in [0, 0.05) is 17.5 Å². The van der Waals surface area contributed by atoms with E-state index in [1.165, 1.54) is 29.4 Å². The summed E-state index contributed by atoms with van der Waals surface area (Å²) >= 11 is 2.75. The molecular formula is C19H23N3O5S3. The number of carbonyl (C=O) groups is 2. The third kappa shape index (κ3) is 4.94. The molecule has 8 nitrogen and oxygen atoms in total. The normalized spacial score (nSPS) is 21.1. The molecule has 0 radical (unpaired) electrons. The minimum absolute atomic E-state index is 0.00336. The second-order valence-corrected chi connectivity index (χ2v) is 11.7. The SMILES string of the molecule is O=C(CSc1ncnc2sccc12)OCC(=O)N(C1CCCC1)[C@@H]1CCS(=O)(=O)C1. The molecule has 0 unspecified atom stereocenters. The number of fused-ring (bicyclic) bond motifs is 1. The van der Waals surface area contributed by atoms with Gasteiger partial charge in [-0.1, -0.05) is 24.6 Å². The van der Waals surface area contributed by atoms with Crippen molar-refractivity contribution in [2.75, 3.05) is 23.9 Å². The highest BCUT2D eigenvalue weighted by atomic mass is 32.2. The van der Waals surface area contributed by atoms with Crippen LogP contribution in [0.25, 0.3) is 10.2 Å². The molecule has 11 heteroatoms. The van der Waals surface area contributed by atoms with E-state index < -0.39 is 15.8 Å². The number of ether oxygens (including phenoxy) is 1. The zero-order valence-electron chi connectivity index (χ0n) is 16.4. The fourth-order valence-electron chi connectivity index (χ4n) is 4.15. The van der Waals surface area contributed by atoms with Crippen LogP contribution in [0.3, 0.4) is 0 Å². The van der Waals surface area contributed by atoms with Crippen molar-refractivity contribution in [1.82, 2.24) is 14.9 Å². The van der Waals surface area contributed by atoms with Crippen LogP contribution in [0.2, 0.25) is 0 Å². The standard InChI is InChI=1S/C19H23N3O5S3/c23-16(22(13-3-1-2-4-13)14-6-8-30(25,26)11-14)9-27-17(24)10-29-19-15-5-7-28-18(15)20-12-21-19/h5,7,12-14H,1-4,6,8-11H2/t14-/m1/s1. The van der Waals surface area contributed by atoms with Gasteiger partial charge in [0.25, 0.3) is 5.91 Å². The van der Waals surface area contributed by atoms with Crippen molar-refractivity contribution in [1.29, 1.82) is 0 Å². The minimum atomic E-state index is -3.10. The van der Waals surface area contributed by atoms with Crippen LogP contribution < -0.4 is 0 Å². The number of rotatable bonds is 7. The van der Waals surface area contributed by atoms with Crippen LogP contribution in [0.5, 0.6) is 0 Å². The quantitative estimate of drug-likeness (QED) is 0.345. The smallest absolute Gasteiger partial charge is 0.316 e. The lowest BCUT2D eigenvalue weighted by Crippen LogP contribution is -2.48. The molecule has 1 aliphatic carbocycles. The van der Waals surface area contributed by atoms with E-state index in [1.807, 2.05) is 11.4 Å². The molecule has 30 heavy (non-hydrogen) atoms. The zero-order chi connectivity index (χ0) is 21.1. The molecule has 1 aliphatic heterocycles. The molecular weight excluding hydrogens is 446 g/mol. The van der Waals surface area contributed by atoms with E-state index >= 15 is 0 Å². The fraction of sp³-hybridized carbons (Fsp3) is 0.579. The van der Waals surface area contributed by atoms with Crippen molar-refractivity contribution >= 4 is 55.0 Å². The zero-order valence-corrected chi connectivity index (χ0v) is 18.8. The summed E-state index contributed by atoms with van der Waals surface area (Å²) in [5.41, 5.74) is 0. The second-order valence-electron chi connectivity index (χ2n) is 7.56. The molecule has 1 atom stereocenters. The fourth-order valence-corrected chi connectivity index (χ4v) is 7.44. The molecule has 1 saturated carbocycles. The predicted molar refractivity (Wildman–Crippen MR) is 115 cm³/mol. The average molecular weight is 470 g/mol. The Bertz CT molecular complexity index is 1030. The van der Waals surface area contributed by atoms with Crippen LogP contribution in [-0.4, -0.2) is 71.1 Å². The first-order chi connectivity index (χ1) is 14.4. The molecule has 2 aromatic heterocycles. The largest absolute Gasteiger partial charge is 0.455 e. The third-order valence-electron chi connectivity index (χ3n) is 5.52. The first-order valence-electron chi connectivity index (χ1n) is 9.91. The number of thiophene rings is 1.